The van der Waals surface area contributed by atoms with E-state index in [-0.39, 0.29) is 6.09 Å². The van der Waals surface area contributed by atoms with E-state index in [9.17, 15) is 4.79 Å². The predicted octanol–water partition coefficient (Wildman–Crippen LogP) is 5.49. The first-order valence-electron chi connectivity index (χ1n) is 10.8. The summed E-state index contributed by atoms with van der Waals surface area (Å²) in [6, 6.07) is 14.6. The molecule has 162 valence electrons. The van der Waals surface area contributed by atoms with Gasteiger partial charge in [0.05, 0.1) is 5.52 Å². The van der Waals surface area contributed by atoms with Gasteiger partial charge in [0.2, 0.25) is 0 Å². The highest BCUT2D eigenvalue weighted by molar-refractivity contribution is 6.01. The number of rotatable bonds is 3. The van der Waals surface area contributed by atoms with Crippen molar-refractivity contribution in [1.82, 2.24) is 9.47 Å². The Bertz CT molecular complexity index is 1100. The molecule has 3 aromatic rings. The second-order valence-electron chi connectivity index (χ2n) is 9.21. The van der Waals surface area contributed by atoms with Crippen LogP contribution in [0.4, 0.5) is 10.5 Å². The zero-order valence-electron chi connectivity index (χ0n) is 18.9. The quantitative estimate of drug-likeness (QED) is 0.565. The maximum Gasteiger partial charge on any atom is 0.419 e. The summed E-state index contributed by atoms with van der Waals surface area (Å²) in [6.45, 7) is 13.8. The molecule has 0 saturated carbocycles. The number of piperazine rings is 1. The molecule has 31 heavy (non-hydrogen) atoms. The maximum atomic E-state index is 12.9. The molecule has 2 aromatic carbocycles. The summed E-state index contributed by atoms with van der Waals surface area (Å²) in [6.07, 6.45) is 3.34. The summed E-state index contributed by atoms with van der Waals surface area (Å²) in [5.74, 6) is 0. The van der Waals surface area contributed by atoms with Gasteiger partial charge < -0.3 is 14.5 Å². The molecular formula is C26H31N3O2. The first-order valence-corrected chi connectivity index (χ1v) is 10.8. The van der Waals surface area contributed by atoms with Gasteiger partial charge in [0.1, 0.15) is 5.60 Å². The fraction of sp³-hybridized carbons (Fsp3) is 0.346. The number of nitrogens with zero attached hydrogens (tertiary/aromatic N) is 3. The molecule has 0 atom stereocenters. The Morgan fingerprint density at radius 1 is 1.03 bits per heavy atom. The first kappa shape index (κ1) is 21.2. The Morgan fingerprint density at radius 2 is 1.71 bits per heavy atom. The number of benzene rings is 2. The second kappa shape index (κ2) is 8.23. The minimum atomic E-state index is -0.556. The summed E-state index contributed by atoms with van der Waals surface area (Å²) in [5, 5.41) is 1.01. The maximum absolute atomic E-state index is 12.9. The van der Waals surface area contributed by atoms with E-state index in [1.165, 1.54) is 5.69 Å². The first-order chi connectivity index (χ1) is 14.7. The van der Waals surface area contributed by atoms with E-state index in [2.05, 4.69) is 53.8 Å². The van der Waals surface area contributed by atoms with Gasteiger partial charge in [-0.25, -0.2) is 4.79 Å². The van der Waals surface area contributed by atoms with Crippen LogP contribution in [0.2, 0.25) is 0 Å². The largest absolute Gasteiger partial charge is 0.443 e. The van der Waals surface area contributed by atoms with Crippen molar-refractivity contribution in [2.24, 2.45) is 0 Å². The molecule has 0 unspecified atom stereocenters. The summed E-state index contributed by atoms with van der Waals surface area (Å²) in [4.78, 5) is 17.6. The highest BCUT2D eigenvalue weighted by atomic mass is 16.6. The molecule has 0 radical (unpaired) electrons. The van der Waals surface area contributed by atoms with Crippen LogP contribution in [0.15, 0.2) is 55.2 Å². The molecule has 1 saturated heterocycles. The highest BCUT2D eigenvalue weighted by Gasteiger charge is 2.21. The molecule has 0 N–H and O–H groups in total. The van der Waals surface area contributed by atoms with Crippen LogP contribution in [-0.2, 0) is 4.74 Å². The number of fused-ring (bicyclic) bond motifs is 1. The number of carbonyl (C=O) groups excluding carboxylic acids is 1. The van der Waals surface area contributed by atoms with Gasteiger partial charge in [-0.1, -0.05) is 30.9 Å². The number of carbonyl (C=O) groups is 1. The van der Waals surface area contributed by atoms with Crippen LogP contribution in [0.3, 0.4) is 0 Å². The van der Waals surface area contributed by atoms with Gasteiger partial charge >= 0.3 is 6.09 Å². The summed E-state index contributed by atoms with van der Waals surface area (Å²) in [5.41, 5.74) is 4.61. The molecule has 1 fully saturated rings. The molecule has 4 rings (SSSR count). The summed E-state index contributed by atoms with van der Waals surface area (Å²) >= 11 is 0. The summed E-state index contributed by atoms with van der Waals surface area (Å²) in [7, 11) is 2.17. The smallest absolute Gasteiger partial charge is 0.419 e. The lowest BCUT2D eigenvalue weighted by Crippen LogP contribution is -2.44. The third-order valence-electron chi connectivity index (χ3n) is 5.70. The van der Waals surface area contributed by atoms with Crippen molar-refractivity contribution in [2.45, 2.75) is 26.4 Å². The fourth-order valence-electron chi connectivity index (χ4n) is 3.98. The van der Waals surface area contributed by atoms with Crippen LogP contribution in [0.25, 0.3) is 28.1 Å². The molecule has 1 aliphatic heterocycles. The van der Waals surface area contributed by atoms with Crippen molar-refractivity contribution >= 4 is 28.8 Å². The van der Waals surface area contributed by atoms with Gasteiger partial charge in [0, 0.05) is 49.0 Å². The second-order valence-corrected chi connectivity index (χ2v) is 9.21. The van der Waals surface area contributed by atoms with Gasteiger partial charge in [-0.05, 0) is 63.2 Å². The fourth-order valence-corrected chi connectivity index (χ4v) is 3.98. The van der Waals surface area contributed by atoms with E-state index < -0.39 is 5.60 Å². The van der Waals surface area contributed by atoms with E-state index in [1.54, 1.807) is 4.57 Å². The van der Waals surface area contributed by atoms with E-state index >= 15 is 0 Å². The SMILES string of the molecule is C=Cc1ccc2c(c1)c(-c1ccc(N3CCN(C)CC3)cc1)cn2C(=O)OC(C)(C)C. The Balaban J connectivity index is 1.72. The van der Waals surface area contributed by atoms with Crippen molar-refractivity contribution < 1.29 is 9.53 Å². The third kappa shape index (κ3) is 4.52. The Hall–Kier alpha value is -3.05. The normalized spacial score (nSPS) is 15.3. The van der Waals surface area contributed by atoms with E-state index in [0.29, 0.717) is 0 Å². The molecule has 0 spiro atoms. The minimum absolute atomic E-state index is 0.371. The monoisotopic (exact) mass is 417 g/mol. The standard InChI is InChI=1S/C26H31N3O2/c1-6-19-7-12-24-22(17-19)23(18-29(24)25(30)31-26(2,3)4)20-8-10-21(11-9-20)28-15-13-27(5)14-16-28/h6-12,17-18H,1,13-16H2,2-5H3. The zero-order chi connectivity index (χ0) is 22.2. The van der Waals surface area contributed by atoms with Crippen LogP contribution in [0.5, 0.6) is 0 Å². The number of likely N-dealkylation sites (N-methyl/N-ethyl adjacent to an activating group) is 1. The van der Waals surface area contributed by atoms with Gasteiger partial charge in [-0.15, -0.1) is 0 Å². The minimum Gasteiger partial charge on any atom is -0.443 e. The van der Waals surface area contributed by atoms with Crippen LogP contribution in [0, 0.1) is 0 Å². The molecule has 5 heteroatoms. The molecule has 0 aliphatic carbocycles. The average molecular weight is 418 g/mol. The van der Waals surface area contributed by atoms with Crippen LogP contribution in [-0.4, -0.2) is 54.4 Å². The number of hydrogen-bond acceptors (Lipinski definition) is 4. The van der Waals surface area contributed by atoms with Crippen LogP contribution >= 0.6 is 0 Å². The van der Waals surface area contributed by atoms with Gasteiger partial charge in [0.25, 0.3) is 0 Å². The molecule has 2 heterocycles. The molecular weight excluding hydrogens is 386 g/mol. The van der Waals surface area contributed by atoms with Crippen molar-refractivity contribution in [1.29, 1.82) is 0 Å². The Morgan fingerprint density at radius 3 is 2.32 bits per heavy atom. The lowest BCUT2D eigenvalue weighted by atomic mass is 10.0. The Labute approximate surface area is 184 Å². The van der Waals surface area contributed by atoms with E-state index in [4.69, 9.17) is 4.74 Å². The molecule has 0 bridgehead atoms. The highest BCUT2D eigenvalue weighted by Crippen LogP contribution is 2.33. The lowest BCUT2D eigenvalue weighted by Gasteiger charge is -2.34. The number of aromatic nitrogens is 1. The third-order valence-corrected chi connectivity index (χ3v) is 5.70. The Kier molecular flexibility index (Phi) is 5.63. The average Bonchev–Trinajstić information content (AvgIpc) is 3.12. The molecule has 5 nitrogen and oxygen atoms in total. The van der Waals surface area contributed by atoms with Crippen LogP contribution in [0.1, 0.15) is 26.3 Å². The van der Waals surface area contributed by atoms with Crippen molar-refractivity contribution in [3.63, 3.8) is 0 Å². The zero-order valence-corrected chi connectivity index (χ0v) is 18.9. The molecule has 1 aliphatic rings. The van der Waals surface area contributed by atoms with Gasteiger partial charge in [0.15, 0.2) is 0 Å². The number of hydrogen-bond donors (Lipinski definition) is 0. The molecule has 0 amide bonds. The van der Waals surface area contributed by atoms with Crippen molar-refractivity contribution in [3.05, 3.63) is 60.8 Å². The lowest BCUT2D eigenvalue weighted by molar-refractivity contribution is 0.0544. The van der Waals surface area contributed by atoms with E-state index in [1.807, 2.05) is 45.2 Å². The topological polar surface area (TPSA) is 37.7 Å². The van der Waals surface area contributed by atoms with Crippen LogP contribution < -0.4 is 4.90 Å². The number of ether oxygens (including phenoxy) is 1. The van der Waals surface area contributed by atoms with Crippen molar-refractivity contribution in [2.75, 3.05) is 38.1 Å². The van der Waals surface area contributed by atoms with Crippen molar-refractivity contribution in [3.8, 4) is 11.1 Å². The van der Waals surface area contributed by atoms with Gasteiger partial charge in [-0.3, -0.25) is 4.57 Å². The van der Waals surface area contributed by atoms with E-state index in [0.717, 1.165) is 53.8 Å². The number of anilines is 1. The molecule has 1 aromatic heterocycles. The van der Waals surface area contributed by atoms with Gasteiger partial charge in [-0.2, -0.15) is 0 Å². The predicted molar refractivity (Wildman–Crippen MR) is 129 cm³/mol. The summed E-state index contributed by atoms with van der Waals surface area (Å²) < 4.78 is 7.25.